The maximum Gasteiger partial charge on any atom is 0.142 e. The summed E-state index contributed by atoms with van der Waals surface area (Å²) in [6, 6.07) is 1.15. The second-order valence-corrected chi connectivity index (χ2v) is 2.87. The highest BCUT2D eigenvalue weighted by atomic mass is 32.1. The summed E-state index contributed by atoms with van der Waals surface area (Å²) in [5.74, 6) is -2.91. The fourth-order valence-electron chi connectivity index (χ4n) is 0.535. The summed E-state index contributed by atoms with van der Waals surface area (Å²) < 4.78 is 36.7. The number of thiol groups is 1. The zero-order valence-corrected chi connectivity index (χ0v) is 8.34. The molecule has 0 saturated heterocycles. The Morgan fingerprint density at radius 3 is 1.69 bits per heavy atom. The summed E-state index contributed by atoms with van der Waals surface area (Å²) >= 11 is 3.44. The first-order chi connectivity index (χ1) is 6.02. The van der Waals surface area contributed by atoms with Gasteiger partial charge in [-0.3, -0.25) is 0 Å². The molecule has 0 atom stereocenters. The Bertz CT molecular complexity index is 251. The first kappa shape index (κ1) is 12.4. The van der Waals surface area contributed by atoms with Crippen molar-refractivity contribution in [1.82, 2.24) is 0 Å². The van der Waals surface area contributed by atoms with Crippen molar-refractivity contribution in [1.29, 1.82) is 0 Å². The smallest absolute Gasteiger partial charge is 0.142 e. The van der Waals surface area contributed by atoms with E-state index in [0.29, 0.717) is 12.1 Å². The number of rotatable bonds is 0. The zero-order valence-electron chi connectivity index (χ0n) is 7.44. The predicted octanol–water partition coefficient (Wildman–Crippen LogP) is 3.81. The van der Waals surface area contributed by atoms with E-state index in [1.165, 1.54) is 6.42 Å². The van der Waals surface area contributed by atoms with Gasteiger partial charge in [0.15, 0.2) is 0 Å². The Morgan fingerprint density at radius 2 is 1.38 bits per heavy atom. The van der Waals surface area contributed by atoms with Gasteiger partial charge in [-0.25, -0.2) is 13.2 Å². The van der Waals surface area contributed by atoms with Gasteiger partial charge in [-0.15, -0.1) is 12.6 Å². The third kappa shape index (κ3) is 4.22. The van der Waals surface area contributed by atoms with E-state index in [-0.39, 0.29) is 0 Å². The number of benzene rings is 1. The van der Waals surface area contributed by atoms with Crippen molar-refractivity contribution < 1.29 is 13.2 Å². The first-order valence-electron chi connectivity index (χ1n) is 3.86. The van der Waals surface area contributed by atoms with Crippen LogP contribution in [-0.2, 0) is 0 Å². The van der Waals surface area contributed by atoms with Gasteiger partial charge in [0.25, 0.3) is 0 Å². The lowest BCUT2D eigenvalue weighted by molar-refractivity contribution is 0.511. The lowest BCUT2D eigenvalue weighted by Gasteiger charge is -1.95. The van der Waals surface area contributed by atoms with Crippen molar-refractivity contribution >= 4 is 12.6 Å². The van der Waals surface area contributed by atoms with E-state index in [9.17, 15) is 13.2 Å². The fraction of sp³-hybridized carbons (Fsp3) is 0.333. The monoisotopic (exact) mass is 208 g/mol. The summed E-state index contributed by atoms with van der Waals surface area (Å²) in [7, 11) is 0. The van der Waals surface area contributed by atoms with Crippen molar-refractivity contribution in [2.24, 2.45) is 0 Å². The van der Waals surface area contributed by atoms with Crippen LogP contribution in [0, 0.1) is 17.5 Å². The van der Waals surface area contributed by atoms with Crippen LogP contribution < -0.4 is 0 Å². The van der Waals surface area contributed by atoms with Crippen molar-refractivity contribution in [3.8, 4) is 0 Å². The van der Waals surface area contributed by atoms with Crippen LogP contribution in [0.2, 0.25) is 0 Å². The van der Waals surface area contributed by atoms with Gasteiger partial charge in [0.05, 0.1) is 4.90 Å². The van der Waals surface area contributed by atoms with Crippen LogP contribution in [0.15, 0.2) is 17.0 Å². The SMILES string of the molecule is CCC.Fc1cc(F)c(S)c(F)c1. The van der Waals surface area contributed by atoms with Gasteiger partial charge in [-0.05, 0) is 0 Å². The Labute approximate surface area is 81.2 Å². The summed E-state index contributed by atoms with van der Waals surface area (Å²) in [5, 5.41) is 0. The molecule has 13 heavy (non-hydrogen) atoms. The largest absolute Gasteiger partial charge is 0.207 e. The minimum absolute atomic E-state index is 0.457. The number of hydrogen-bond acceptors (Lipinski definition) is 1. The van der Waals surface area contributed by atoms with Crippen molar-refractivity contribution in [3.63, 3.8) is 0 Å². The quantitative estimate of drug-likeness (QED) is 0.616. The molecule has 1 aromatic carbocycles. The molecule has 0 saturated carbocycles. The molecule has 0 aliphatic carbocycles. The molecular weight excluding hydrogens is 197 g/mol. The highest BCUT2D eigenvalue weighted by molar-refractivity contribution is 7.80. The maximum absolute atomic E-state index is 12.3. The molecule has 0 fully saturated rings. The lowest BCUT2D eigenvalue weighted by atomic mass is 10.3. The van der Waals surface area contributed by atoms with Gasteiger partial charge < -0.3 is 0 Å². The predicted molar refractivity (Wildman–Crippen MR) is 49.5 cm³/mol. The first-order valence-corrected chi connectivity index (χ1v) is 4.31. The van der Waals surface area contributed by atoms with E-state index < -0.39 is 22.3 Å². The van der Waals surface area contributed by atoms with Crippen LogP contribution >= 0.6 is 12.6 Å². The van der Waals surface area contributed by atoms with Crippen LogP contribution in [0.5, 0.6) is 0 Å². The molecule has 0 N–H and O–H groups in total. The molecule has 4 heteroatoms. The molecule has 0 spiro atoms. The third-order valence-electron chi connectivity index (χ3n) is 0.982. The van der Waals surface area contributed by atoms with Crippen molar-refractivity contribution in [2.45, 2.75) is 25.2 Å². The number of halogens is 3. The summed E-state index contributed by atoms with van der Waals surface area (Å²) in [4.78, 5) is -0.457. The van der Waals surface area contributed by atoms with E-state index in [2.05, 4.69) is 26.5 Å². The molecule has 0 heterocycles. The topological polar surface area (TPSA) is 0 Å². The van der Waals surface area contributed by atoms with Crippen molar-refractivity contribution in [2.75, 3.05) is 0 Å². The standard InChI is InChI=1S/C6H3F3S.C3H8/c7-3-1-4(8)6(10)5(9)2-3;1-3-2/h1-2,10H;3H2,1-2H3. The molecule has 0 unspecified atom stereocenters. The Hall–Kier alpha value is -0.640. The molecule has 0 nitrogen and oxygen atoms in total. The molecule has 0 radical (unpaired) electrons. The summed E-state index contributed by atoms with van der Waals surface area (Å²) in [6.45, 7) is 4.25. The minimum Gasteiger partial charge on any atom is -0.207 e. The van der Waals surface area contributed by atoms with E-state index in [0.717, 1.165) is 0 Å². The average molecular weight is 208 g/mol. The van der Waals surface area contributed by atoms with E-state index in [1.807, 2.05) is 0 Å². The number of hydrogen-bond donors (Lipinski definition) is 1. The Morgan fingerprint density at radius 1 is 1.08 bits per heavy atom. The van der Waals surface area contributed by atoms with Gasteiger partial charge in [-0.2, -0.15) is 0 Å². The van der Waals surface area contributed by atoms with Crippen molar-refractivity contribution in [3.05, 3.63) is 29.6 Å². The zero-order chi connectivity index (χ0) is 10.4. The minimum atomic E-state index is -0.985. The molecule has 0 amide bonds. The van der Waals surface area contributed by atoms with Crippen LogP contribution in [-0.4, -0.2) is 0 Å². The molecule has 74 valence electrons. The molecule has 1 aromatic rings. The normalized spacial score (nSPS) is 9.08. The highest BCUT2D eigenvalue weighted by Gasteiger charge is 2.06. The third-order valence-corrected chi connectivity index (χ3v) is 1.41. The summed E-state index contributed by atoms with van der Waals surface area (Å²) in [6.07, 6.45) is 1.25. The average Bonchev–Trinajstić information content (AvgIpc) is 2.01. The van der Waals surface area contributed by atoms with Crippen LogP contribution in [0.25, 0.3) is 0 Å². The lowest BCUT2D eigenvalue weighted by Crippen LogP contribution is -1.86. The van der Waals surface area contributed by atoms with E-state index in [4.69, 9.17) is 0 Å². The summed E-state index contributed by atoms with van der Waals surface area (Å²) in [5.41, 5.74) is 0. The van der Waals surface area contributed by atoms with Gasteiger partial charge in [-0.1, -0.05) is 20.3 Å². The Balaban J connectivity index is 0.000000424. The molecule has 0 aliphatic rings. The fourth-order valence-corrected chi connectivity index (χ4v) is 0.664. The maximum atomic E-state index is 12.3. The van der Waals surface area contributed by atoms with Crippen LogP contribution in [0.3, 0.4) is 0 Å². The van der Waals surface area contributed by atoms with Crippen LogP contribution in [0.4, 0.5) is 13.2 Å². The molecule has 1 rings (SSSR count). The van der Waals surface area contributed by atoms with Gasteiger partial charge >= 0.3 is 0 Å². The van der Waals surface area contributed by atoms with Crippen LogP contribution in [0.1, 0.15) is 20.3 Å². The van der Waals surface area contributed by atoms with E-state index in [1.54, 1.807) is 0 Å². The second kappa shape index (κ2) is 5.91. The highest BCUT2D eigenvalue weighted by Crippen LogP contribution is 2.17. The van der Waals surface area contributed by atoms with Gasteiger partial charge in [0.1, 0.15) is 17.5 Å². The molecule has 0 bridgehead atoms. The van der Waals surface area contributed by atoms with E-state index >= 15 is 0 Å². The second-order valence-electron chi connectivity index (χ2n) is 2.43. The molecular formula is C9H11F3S. The van der Waals surface area contributed by atoms with Gasteiger partial charge in [0.2, 0.25) is 0 Å². The molecule has 0 aromatic heterocycles. The van der Waals surface area contributed by atoms with Gasteiger partial charge in [0, 0.05) is 12.1 Å². The Kier molecular flexibility index (Phi) is 5.62. The molecule has 0 aliphatic heterocycles.